The van der Waals surface area contributed by atoms with Crippen molar-refractivity contribution in [1.82, 2.24) is 4.98 Å². The molecule has 1 aromatic heterocycles. The fourth-order valence-electron chi connectivity index (χ4n) is 2.72. The molecular formula is C20H19F2N3O2. The smallest absolute Gasteiger partial charge is 0.230 e. The van der Waals surface area contributed by atoms with Crippen LogP contribution in [-0.4, -0.2) is 25.0 Å². The Balaban J connectivity index is 1.74. The van der Waals surface area contributed by atoms with E-state index in [1.807, 2.05) is 30.3 Å². The number of rotatable bonds is 5. The minimum absolute atomic E-state index is 0.0463. The third-order valence-electron chi connectivity index (χ3n) is 3.99. The molecule has 2 aromatic carbocycles. The monoisotopic (exact) mass is 371 g/mol. The van der Waals surface area contributed by atoms with Crippen LogP contribution in [0.3, 0.4) is 0 Å². The van der Waals surface area contributed by atoms with Crippen molar-refractivity contribution in [2.45, 2.75) is 13.3 Å². The second-order valence-corrected chi connectivity index (χ2v) is 6.30. The molecule has 3 aromatic rings. The van der Waals surface area contributed by atoms with Crippen LogP contribution in [-0.2, 0) is 11.2 Å². The van der Waals surface area contributed by atoms with Crippen molar-refractivity contribution >= 4 is 17.3 Å². The number of aryl methyl sites for hydroxylation is 1. The van der Waals surface area contributed by atoms with Crippen LogP contribution in [0.15, 0.2) is 46.9 Å². The van der Waals surface area contributed by atoms with Gasteiger partial charge in [-0.15, -0.1) is 0 Å². The fourth-order valence-corrected chi connectivity index (χ4v) is 2.72. The zero-order valence-corrected chi connectivity index (χ0v) is 15.2. The highest BCUT2D eigenvalue weighted by Gasteiger charge is 2.17. The molecule has 140 valence electrons. The van der Waals surface area contributed by atoms with Gasteiger partial charge in [-0.2, -0.15) is 0 Å². The van der Waals surface area contributed by atoms with E-state index >= 15 is 0 Å². The number of carbonyl (C=O) groups is 1. The molecule has 3 rings (SSSR count). The van der Waals surface area contributed by atoms with Crippen LogP contribution in [0, 0.1) is 18.6 Å². The SMILES string of the molecule is Cc1oc(-c2ccccc2)nc1CC(=O)Nc1cc(F)c(N(C)C)c(F)c1. The molecule has 0 fully saturated rings. The van der Waals surface area contributed by atoms with Crippen molar-refractivity contribution in [2.24, 2.45) is 0 Å². The van der Waals surface area contributed by atoms with Crippen LogP contribution >= 0.6 is 0 Å². The minimum Gasteiger partial charge on any atom is -0.441 e. The first-order chi connectivity index (χ1) is 12.8. The molecule has 5 nitrogen and oxygen atoms in total. The molecule has 0 aliphatic carbocycles. The fraction of sp³-hybridized carbons (Fsp3) is 0.200. The van der Waals surface area contributed by atoms with Crippen LogP contribution < -0.4 is 10.2 Å². The van der Waals surface area contributed by atoms with Gasteiger partial charge in [0.2, 0.25) is 11.8 Å². The second kappa shape index (κ2) is 7.57. The van der Waals surface area contributed by atoms with E-state index in [0.29, 0.717) is 17.3 Å². The Bertz CT molecular complexity index is 946. The summed E-state index contributed by atoms with van der Waals surface area (Å²) in [5.41, 5.74) is 1.16. The molecule has 27 heavy (non-hydrogen) atoms. The van der Waals surface area contributed by atoms with Gasteiger partial charge in [-0.05, 0) is 31.2 Å². The first-order valence-corrected chi connectivity index (χ1v) is 8.33. The third kappa shape index (κ3) is 4.13. The van der Waals surface area contributed by atoms with Crippen molar-refractivity contribution in [2.75, 3.05) is 24.3 Å². The maximum absolute atomic E-state index is 14.0. The molecule has 0 saturated heterocycles. The van der Waals surface area contributed by atoms with Crippen molar-refractivity contribution in [1.29, 1.82) is 0 Å². The first-order valence-electron chi connectivity index (χ1n) is 8.33. The van der Waals surface area contributed by atoms with Gasteiger partial charge in [-0.25, -0.2) is 13.8 Å². The number of carbonyl (C=O) groups excluding carboxylic acids is 1. The number of anilines is 2. The van der Waals surface area contributed by atoms with Gasteiger partial charge in [0.1, 0.15) is 11.4 Å². The first kappa shape index (κ1) is 18.6. The Kier molecular flexibility index (Phi) is 5.21. The van der Waals surface area contributed by atoms with Gasteiger partial charge in [-0.3, -0.25) is 4.79 Å². The normalized spacial score (nSPS) is 10.7. The summed E-state index contributed by atoms with van der Waals surface area (Å²) in [6.07, 6.45) is -0.0686. The minimum atomic E-state index is -0.751. The van der Waals surface area contributed by atoms with Gasteiger partial charge in [-0.1, -0.05) is 18.2 Å². The molecule has 0 aliphatic rings. The maximum Gasteiger partial charge on any atom is 0.230 e. The lowest BCUT2D eigenvalue weighted by Gasteiger charge is -2.15. The third-order valence-corrected chi connectivity index (χ3v) is 3.99. The molecule has 0 aliphatic heterocycles. The molecule has 0 bridgehead atoms. The lowest BCUT2D eigenvalue weighted by atomic mass is 10.2. The number of nitrogens with one attached hydrogen (secondary N) is 1. The number of benzene rings is 2. The molecular weight excluding hydrogens is 352 g/mol. The summed E-state index contributed by atoms with van der Waals surface area (Å²) in [4.78, 5) is 18.0. The van der Waals surface area contributed by atoms with Crippen molar-refractivity contribution < 1.29 is 18.0 Å². The summed E-state index contributed by atoms with van der Waals surface area (Å²) in [6.45, 7) is 1.72. The highest BCUT2D eigenvalue weighted by molar-refractivity contribution is 5.92. The lowest BCUT2D eigenvalue weighted by Crippen LogP contribution is -2.17. The van der Waals surface area contributed by atoms with Gasteiger partial charge in [0, 0.05) is 25.3 Å². The van der Waals surface area contributed by atoms with E-state index in [1.165, 1.54) is 19.0 Å². The summed E-state index contributed by atoms with van der Waals surface area (Å²) in [7, 11) is 3.08. The highest BCUT2D eigenvalue weighted by atomic mass is 19.1. The number of hydrogen-bond donors (Lipinski definition) is 1. The molecule has 0 atom stereocenters. The standard InChI is InChI=1S/C20H19F2N3O2/c1-12-17(24-20(27-12)13-7-5-4-6-8-13)11-18(26)23-14-9-15(21)19(25(2)3)16(22)10-14/h4-10H,11H2,1-3H3,(H,23,26). The number of hydrogen-bond acceptors (Lipinski definition) is 4. The summed E-state index contributed by atoms with van der Waals surface area (Å²) in [5, 5.41) is 2.50. The van der Waals surface area contributed by atoms with Crippen LogP contribution in [0.1, 0.15) is 11.5 Å². The lowest BCUT2D eigenvalue weighted by molar-refractivity contribution is -0.115. The van der Waals surface area contributed by atoms with Crippen molar-refractivity contribution in [3.63, 3.8) is 0 Å². The molecule has 7 heteroatoms. The second-order valence-electron chi connectivity index (χ2n) is 6.30. The molecule has 0 spiro atoms. The van der Waals surface area contributed by atoms with Crippen LogP contribution in [0.4, 0.5) is 20.2 Å². The van der Waals surface area contributed by atoms with Gasteiger partial charge in [0.15, 0.2) is 11.6 Å². The Morgan fingerprint density at radius 3 is 2.37 bits per heavy atom. The van der Waals surface area contributed by atoms with E-state index in [9.17, 15) is 13.6 Å². The highest BCUT2D eigenvalue weighted by Crippen LogP contribution is 2.26. The predicted octanol–water partition coefficient (Wildman–Crippen LogP) is 4.18. The van der Waals surface area contributed by atoms with E-state index < -0.39 is 17.5 Å². The number of oxazole rings is 1. The average Bonchev–Trinajstić information content (AvgIpc) is 2.95. The summed E-state index contributed by atoms with van der Waals surface area (Å²) in [6, 6.07) is 11.5. The summed E-state index contributed by atoms with van der Waals surface area (Å²) < 4.78 is 33.7. The van der Waals surface area contributed by atoms with Crippen LogP contribution in [0.25, 0.3) is 11.5 Å². The Morgan fingerprint density at radius 2 is 1.78 bits per heavy atom. The zero-order valence-electron chi connectivity index (χ0n) is 15.2. The van der Waals surface area contributed by atoms with Gasteiger partial charge < -0.3 is 14.6 Å². The Hall–Kier alpha value is -3.22. The summed E-state index contributed by atoms with van der Waals surface area (Å²) in [5.74, 6) is -1.01. The molecule has 1 N–H and O–H groups in total. The van der Waals surface area contributed by atoms with Crippen LogP contribution in [0.2, 0.25) is 0 Å². The Labute approximate surface area is 155 Å². The number of amides is 1. The number of aromatic nitrogens is 1. The quantitative estimate of drug-likeness (QED) is 0.731. The molecule has 1 amide bonds. The van der Waals surface area contributed by atoms with E-state index in [2.05, 4.69) is 10.3 Å². The average molecular weight is 371 g/mol. The Morgan fingerprint density at radius 1 is 1.15 bits per heavy atom. The number of halogens is 2. The van der Waals surface area contributed by atoms with Crippen LogP contribution in [0.5, 0.6) is 0 Å². The maximum atomic E-state index is 14.0. The molecule has 0 radical (unpaired) electrons. The molecule has 1 heterocycles. The van der Waals surface area contributed by atoms with E-state index in [0.717, 1.165) is 17.7 Å². The molecule has 0 saturated carbocycles. The summed E-state index contributed by atoms with van der Waals surface area (Å²) >= 11 is 0. The molecule has 0 unspecified atom stereocenters. The van der Waals surface area contributed by atoms with E-state index in [-0.39, 0.29) is 17.8 Å². The topological polar surface area (TPSA) is 58.4 Å². The van der Waals surface area contributed by atoms with Gasteiger partial charge >= 0.3 is 0 Å². The van der Waals surface area contributed by atoms with Crippen molar-refractivity contribution in [3.05, 3.63) is 65.6 Å². The van der Waals surface area contributed by atoms with Gasteiger partial charge in [0.05, 0.1) is 12.1 Å². The predicted molar refractivity (Wildman–Crippen MR) is 99.7 cm³/mol. The van der Waals surface area contributed by atoms with E-state index in [1.54, 1.807) is 6.92 Å². The van der Waals surface area contributed by atoms with Gasteiger partial charge in [0.25, 0.3) is 0 Å². The zero-order chi connectivity index (χ0) is 19.6. The number of nitrogens with zero attached hydrogens (tertiary/aromatic N) is 2. The van der Waals surface area contributed by atoms with E-state index in [4.69, 9.17) is 4.42 Å². The van der Waals surface area contributed by atoms with Crippen molar-refractivity contribution in [3.8, 4) is 11.5 Å². The largest absolute Gasteiger partial charge is 0.441 e.